The Morgan fingerprint density at radius 3 is 2.62 bits per heavy atom. The van der Waals surface area contributed by atoms with E-state index in [2.05, 4.69) is 39.6 Å². The van der Waals surface area contributed by atoms with Crippen molar-refractivity contribution in [1.29, 1.82) is 0 Å². The summed E-state index contributed by atoms with van der Waals surface area (Å²) in [6.07, 6.45) is 3.01. The lowest BCUT2D eigenvalue weighted by Crippen LogP contribution is -2.49. The summed E-state index contributed by atoms with van der Waals surface area (Å²) < 4.78 is 2.20. The highest BCUT2D eigenvalue weighted by atomic mass is 35.5. The lowest BCUT2D eigenvalue weighted by Gasteiger charge is -2.40. The third kappa shape index (κ3) is 3.34. The van der Waals surface area contributed by atoms with E-state index < -0.39 is 0 Å². The summed E-state index contributed by atoms with van der Waals surface area (Å²) in [7, 11) is 2.08. The molecular weight excluding hydrogens is 382 g/mol. The van der Waals surface area contributed by atoms with Crippen molar-refractivity contribution in [3.05, 3.63) is 70.4 Å². The summed E-state index contributed by atoms with van der Waals surface area (Å²) in [5, 5.41) is 1.89. The Morgan fingerprint density at radius 2 is 1.83 bits per heavy atom. The van der Waals surface area contributed by atoms with E-state index in [0.29, 0.717) is 6.04 Å². The minimum absolute atomic E-state index is 0.219. The number of aromatic nitrogens is 1. The molecule has 5 rings (SSSR count). The number of hydrogen-bond donors (Lipinski definition) is 0. The maximum atomic E-state index is 13.4. The number of carbonyl (C=O) groups excluding carboxylic acids is 1. The molecule has 29 heavy (non-hydrogen) atoms. The van der Waals surface area contributed by atoms with E-state index in [4.69, 9.17) is 11.6 Å². The Labute approximate surface area is 176 Å². The van der Waals surface area contributed by atoms with Crippen molar-refractivity contribution in [2.24, 2.45) is 7.05 Å². The third-order valence-electron chi connectivity index (χ3n) is 6.59. The highest BCUT2D eigenvalue weighted by molar-refractivity contribution is 6.30. The van der Waals surface area contributed by atoms with Crippen LogP contribution in [0.3, 0.4) is 0 Å². The molecule has 150 valence electrons. The first-order chi connectivity index (χ1) is 14.1. The van der Waals surface area contributed by atoms with Gasteiger partial charge in [0.1, 0.15) is 0 Å². The molecule has 5 heteroatoms. The van der Waals surface area contributed by atoms with Crippen LogP contribution in [0, 0.1) is 0 Å². The maximum absolute atomic E-state index is 13.4. The molecular formula is C24H26ClN3O. The number of nitrogens with zero attached hydrogens (tertiary/aromatic N) is 3. The quantitative estimate of drug-likeness (QED) is 0.639. The molecule has 0 spiro atoms. The number of piperidine rings is 1. The number of fused-ring (bicyclic) bond motifs is 3. The van der Waals surface area contributed by atoms with Crippen LogP contribution in [0.4, 0.5) is 0 Å². The van der Waals surface area contributed by atoms with Crippen LogP contribution in [-0.2, 0) is 20.0 Å². The predicted molar refractivity (Wildman–Crippen MR) is 117 cm³/mol. The van der Waals surface area contributed by atoms with Gasteiger partial charge in [-0.25, -0.2) is 0 Å². The van der Waals surface area contributed by atoms with Crippen molar-refractivity contribution in [3.63, 3.8) is 0 Å². The fourth-order valence-electron chi connectivity index (χ4n) is 5.08. The van der Waals surface area contributed by atoms with E-state index in [9.17, 15) is 4.79 Å². The molecule has 3 heterocycles. The summed E-state index contributed by atoms with van der Waals surface area (Å²) in [5.41, 5.74) is 4.52. The van der Waals surface area contributed by atoms with Gasteiger partial charge in [0, 0.05) is 67.3 Å². The molecule has 0 aliphatic carbocycles. The van der Waals surface area contributed by atoms with Crippen LogP contribution in [0.2, 0.25) is 5.02 Å². The zero-order valence-corrected chi connectivity index (χ0v) is 17.5. The summed E-state index contributed by atoms with van der Waals surface area (Å²) >= 11 is 6.12. The van der Waals surface area contributed by atoms with Crippen molar-refractivity contribution in [2.75, 3.05) is 19.6 Å². The number of benzene rings is 2. The average Bonchev–Trinajstić information content (AvgIpc) is 3.02. The van der Waals surface area contributed by atoms with Gasteiger partial charge in [0.25, 0.3) is 5.91 Å². The number of para-hydroxylation sites is 1. The molecule has 0 bridgehead atoms. The largest absolute Gasteiger partial charge is 0.347 e. The van der Waals surface area contributed by atoms with Crippen LogP contribution in [0.5, 0.6) is 0 Å². The fraction of sp³-hybridized carbons (Fsp3) is 0.375. The Bertz CT molecular complexity index is 1070. The normalized spacial score (nSPS) is 18.4. The molecule has 2 aromatic carbocycles. The molecule has 0 unspecified atom stereocenters. The molecule has 0 radical (unpaired) electrons. The first-order valence-electron chi connectivity index (χ1n) is 10.5. The minimum Gasteiger partial charge on any atom is -0.347 e. The SMILES string of the molecule is Cn1c2c(c3ccccc31)C(=O)N(C1CCN(Cc3cccc(Cl)c3)CC1)CC2. The zero-order valence-electron chi connectivity index (χ0n) is 16.8. The summed E-state index contributed by atoms with van der Waals surface area (Å²) in [6.45, 7) is 3.79. The van der Waals surface area contributed by atoms with E-state index >= 15 is 0 Å². The van der Waals surface area contributed by atoms with E-state index in [1.54, 1.807) is 0 Å². The van der Waals surface area contributed by atoms with Crippen LogP contribution in [0.25, 0.3) is 10.9 Å². The van der Waals surface area contributed by atoms with E-state index in [-0.39, 0.29) is 5.91 Å². The number of halogens is 1. The standard InChI is InChI=1S/C24H26ClN3O/c1-26-21-8-3-2-7-20(21)23-22(26)11-14-28(24(23)29)19-9-12-27(13-10-19)16-17-5-4-6-18(25)15-17/h2-8,15,19H,9-14,16H2,1H3. The predicted octanol–water partition coefficient (Wildman–Crippen LogP) is 4.49. The summed E-state index contributed by atoms with van der Waals surface area (Å²) in [5.74, 6) is 0.219. The highest BCUT2D eigenvalue weighted by Gasteiger charge is 2.35. The van der Waals surface area contributed by atoms with Crippen molar-refractivity contribution in [1.82, 2.24) is 14.4 Å². The van der Waals surface area contributed by atoms with Gasteiger partial charge in [0.05, 0.1) is 5.56 Å². The lowest BCUT2D eigenvalue weighted by atomic mass is 9.97. The van der Waals surface area contributed by atoms with Crippen LogP contribution in [0.1, 0.15) is 34.5 Å². The molecule has 0 atom stereocenters. The first-order valence-corrected chi connectivity index (χ1v) is 10.8. The molecule has 2 aliphatic heterocycles. The third-order valence-corrected chi connectivity index (χ3v) is 6.82. The zero-order chi connectivity index (χ0) is 20.0. The molecule has 1 saturated heterocycles. The van der Waals surface area contributed by atoms with Gasteiger partial charge in [0.15, 0.2) is 0 Å². The molecule has 1 amide bonds. The van der Waals surface area contributed by atoms with Gasteiger partial charge in [-0.1, -0.05) is 41.9 Å². The molecule has 0 saturated carbocycles. The minimum atomic E-state index is 0.219. The Hall–Kier alpha value is -2.30. The van der Waals surface area contributed by atoms with Crippen molar-refractivity contribution in [3.8, 4) is 0 Å². The van der Waals surface area contributed by atoms with Gasteiger partial charge in [-0.2, -0.15) is 0 Å². The molecule has 4 nitrogen and oxygen atoms in total. The van der Waals surface area contributed by atoms with Gasteiger partial charge < -0.3 is 9.47 Å². The van der Waals surface area contributed by atoms with Crippen molar-refractivity contribution in [2.45, 2.75) is 31.8 Å². The number of hydrogen-bond acceptors (Lipinski definition) is 2. The monoisotopic (exact) mass is 407 g/mol. The lowest BCUT2D eigenvalue weighted by molar-refractivity contribution is 0.0546. The van der Waals surface area contributed by atoms with Crippen LogP contribution in [0.15, 0.2) is 48.5 Å². The van der Waals surface area contributed by atoms with Crippen LogP contribution in [-0.4, -0.2) is 46.0 Å². The average molecular weight is 408 g/mol. The van der Waals surface area contributed by atoms with Gasteiger partial charge in [-0.3, -0.25) is 9.69 Å². The number of likely N-dealkylation sites (tertiary alicyclic amines) is 1. The van der Waals surface area contributed by atoms with Crippen molar-refractivity contribution < 1.29 is 4.79 Å². The van der Waals surface area contributed by atoms with E-state index in [1.807, 2.05) is 30.3 Å². The topological polar surface area (TPSA) is 28.5 Å². The Kier molecular flexibility index (Phi) is 4.84. The molecule has 1 aromatic heterocycles. The number of aryl methyl sites for hydroxylation is 1. The summed E-state index contributed by atoms with van der Waals surface area (Å²) in [4.78, 5) is 18.1. The molecule has 1 fully saturated rings. The highest BCUT2D eigenvalue weighted by Crippen LogP contribution is 2.32. The molecule has 3 aromatic rings. The second-order valence-corrected chi connectivity index (χ2v) is 8.72. The van der Waals surface area contributed by atoms with Crippen LogP contribution < -0.4 is 0 Å². The van der Waals surface area contributed by atoms with Crippen LogP contribution >= 0.6 is 11.6 Å². The van der Waals surface area contributed by atoms with Gasteiger partial charge in [-0.15, -0.1) is 0 Å². The van der Waals surface area contributed by atoms with Gasteiger partial charge in [0.2, 0.25) is 0 Å². The molecule has 0 N–H and O–H groups in total. The van der Waals surface area contributed by atoms with E-state index in [1.165, 1.54) is 11.3 Å². The smallest absolute Gasteiger partial charge is 0.256 e. The fourth-order valence-corrected chi connectivity index (χ4v) is 5.29. The second kappa shape index (κ2) is 7.51. The Balaban J connectivity index is 1.30. The molecule has 2 aliphatic rings. The van der Waals surface area contributed by atoms with Gasteiger partial charge >= 0.3 is 0 Å². The second-order valence-electron chi connectivity index (χ2n) is 8.28. The maximum Gasteiger partial charge on any atom is 0.256 e. The number of amides is 1. The Morgan fingerprint density at radius 1 is 1.03 bits per heavy atom. The van der Waals surface area contributed by atoms with Gasteiger partial charge in [-0.05, 0) is 36.6 Å². The number of rotatable bonds is 3. The van der Waals surface area contributed by atoms with Crippen molar-refractivity contribution >= 4 is 28.4 Å². The number of carbonyl (C=O) groups is 1. The summed E-state index contributed by atoms with van der Waals surface area (Å²) in [6, 6.07) is 16.7. The van der Waals surface area contributed by atoms with E-state index in [0.717, 1.165) is 66.9 Å². The first kappa shape index (κ1) is 18.7.